The third-order valence-electron chi connectivity index (χ3n) is 3.88. The average Bonchev–Trinajstić information content (AvgIpc) is 2.68. The van der Waals surface area contributed by atoms with Crippen molar-refractivity contribution < 1.29 is 14.3 Å². The minimum atomic E-state index is -0.0527. The standard InChI is InChI=1S/C21H17BrINO3/c1-14(25)18-8-7-17(26-13-16-5-2-6-19(23)21(16)22)10-20(18)27-12-15-4-3-9-24-11-15/h2-11H,12-13H2,1H3. The predicted molar refractivity (Wildman–Crippen MR) is 116 cm³/mol. The molecule has 2 aromatic carbocycles. The fourth-order valence-corrected chi connectivity index (χ4v) is 3.40. The highest BCUT2D eigenvalue weighted by Gasteiger charge is 2.12. The molecule has 0 N–H and O–H groups in total. The number of benzene rings is 2. The van der Waals surface area contributed by atoms with E-state index in [0.29, 0.717) is 30.3 Å². The Morgan fingerprint density at radius 2 is 1.96 bits per heavy atom. The van der Waals surface area contributed by atoms with Crippen molar-refractivity contribution in [2.45, 2.75) is 20.1 Å². The first-order valence-electron chi connectivity index (χ1n) is 8.27. The molecule has 3 aromatic rings. The molecule has 3 rings (SSSR count). The molecule has 0 spiro atoms. The normalized spacial score (nSPS) is 10.5. The van der Waals surface area contributed by atoms with E-state index in [1.54, 1.807) is 30.6 Å². The Bertz CT molecular complexity index is 947. The predicted octanol–water partition coefficient (Wildman–Crippen LogP) is 5.81. The van der Waals surface area contributed by atoms with E-state index in [4.69, 9.17) is 9.47 Å². The maximum Gasteiger partial charge on any atom is 0.163 e. The largest absolute Gasteiger partial charge is 0.489 e. The fraction of sp³-hybridized carbons (Fsp3) is 0.143. The van der Waals surface area contributed by atoms with Gasteiger partial charge in [0.2, 0.25) is 0 Å². The lowest BCUT2D eigenvalue weighted by molar-refractivity contribution is 0.101. The summed E-state index contributed by atoms with van der Waals surface area (Å²) in [4.78, 5) is 16.0. The molecule has 0 atom stereocenters. The number of halogens is 2. The van der Waals surface area contributed by atoms with E-state index in [2.05, 4.69) is 43.5 Å². The van der Waals surface area contributed by atoms with Crippen LogP contribution in [0, 0.1) is 3.57 Å². The lowest BCUT2D eigenvalue weighted by Crippen LogP contribution is -2.03. The molecule has 1 heterocycles. The van der Waals surface area contributed by atoms with Gasteiger partial charge >= 0.3 is 0 Å². The van der Waals surface area contributed by atoms with Crippen LogP contribution in [0.25, 0.3) is 0 Å². The molecule has 0 bridgehead atoms. The average molecular weight is 538 g/mol. The molecule has 0 aliphatic heterocycles. The summed E-state index contributed by atoms with van der Waals surface area (Å²) in [6.45, 7) is 2.27. The van der Waals surface area contributed by atoms with Crippen LogP contribution in [0.3, 0.4) is 0 Å². The number of aromatic nitrogens is 1. The third kappa shape index (κ3) is 5.29. The van der Waals surface area contributed by atoms with Crippen molar-refractivity contribution >= 4 is 44.3 Å². The van der Waals surface area contributed by atoms with Crippen LogP contribution >= 0.6 is 38.5 Å². The second kappa shape index (κ2) is 9.32. The summed E-state index contributed by atoms with van der Waals surface area (Å²) in [5.41, 5.74) is 2.51. The zero-order valence-corrected chi connectivity index (χ0v) is 18.4. The first-order chi connectivity index (χ1) is 13.0. The molecular weight excluding hydrogens is 521 g/mol. The van der Waals surface area contributed by atoms with Gasteiger partial charge in [0.1, 0.15) is 24.7 Å². The van der Waals surface area contributed by atoms with Crippen LogP contribution in [0.15, 0.2) is 65.4 Å². The Kier molecular flexibility index (Phi) is 6.84. The Balaban J connectivity index is 1.76. The van der Waals surface area contributed by atoms with Crippen LogP contribution in [0.5, 0.6) is 11.5 Å². The van der Waals surface area contributed by atoms with Crippen molar-refractivity contribution in [3.05, 3.63) is 85.7 Å². The highest BCUT2D eigenvalue weighted by molar-refractivity contribution is 14.1. The molecule has 4 nitrogen and oxygen atoms in total. The van der Waals surface area contributed by atoms with Gasteiger partial charge in [-0.25, -0.2) is 0 Å². The number of ether oxygens (including phenoxy) is 2. The van der Waals surface area contributed by atoms with Crippen LogP contribution in [0.4, 0.5) is 0 Å². The van der Waals surface area contributed by atoms with Gasteiger partial charge < -0.3 is 9.47 Å². The minimum Gasteiger partial charge on any atom is -0.489 e. The van der Waals surface area contributed by atoms with Crippen molar-refractivity contribution in [1.29, 1.82) is 0 Å². The van der Waals surface area contributed by atoms with Gasteiger partial charge in [-0.2, -0.15) is 0 Å². The number of carbonyl (C=O) groups is 1. The molecular formula is C21H17BrINO3. The molecule has 0 saturated carbocycles. The first kappa shape index (κ1) is 19.8. The van der Waals surface area contributed by atoms with Gasteiger partial charge in [-0.15, -0.1) is 0 Å². The molecule has 0 aliphatic carbocycles. The molecule has 0 fully saturated rings. The number of carbonyl (C=O) groups excluding carboxylic acids is 1. The van der Waals surface area contributed by atoms with E-state index < -0.39 is 0 Å². The molecule has 27 heavy (non-hydrogen) atoms. The van der Waals surface area contributed by atoms with Gasteiger partial charge in [0.05, 0.1) is 5.56 Å². The van der Waals surface area contributed by atoms with Crippen molar-refractivity contribution in [2.75, 3.05) is 0 Å². The Hall–Kier alpha value is -1.93. The highest BCUT2D eigenvalue weighted by Crippen LogP contribution is 2.28. The Labute approximate surface area is 180 Å². The first-order valence-corrected chi connectivity index (χ1v) is 10.1. The van der Waals surface area contributed by atoms with Gasteiger partial charge in [-0.3, -0.25) is 9.78 Å². The summed E-state index contributed by atoms with van der Waals surface area (Å²) < 4.78 is 13.9. The van der Waals surface area contributed by atoms with Crippen molar-refractivity contribution in [2.24, 2.45) is 0 Å². The van der Waals surface area contributed by atoms with Crippen molar-refractivity contribution in [3.8, 4) is 11.5 Å². The zero-order chi connectivity index (χ0) is 19.2. The number of Topliss-reactive ketones (excluding diaryl/α,β-unsaturated/α-hetero) is 1. The van der Waals surface area contributed by atoms with Crippen LogP contribution in [-0.2, 0) is 13.2 Å². The minimum absolute atomic E-state index is 0.0527. The number of pyridine rings is 1. The Morgan fingerprint density at radius 1 is 1.11 bits per heavy atom. The molecule has 0 aliphatic rings. The number of hydrogen-bond donors (Lipinski definition) is 0. The SMILES string of the molecule is CC(=O)c1ccc(OCc2cccc(I)c2Br)cc1OCc1cccnc1. The summed E-state index contributed by atoms with van der Waals surface area (Å²) in [5, 5.41) is 0. The van der Waals surface area contributed by atoms with Gasteiger partial charge in [0.15, 0.2) is 5.78 Å². The van der Waals surface area contributed by atoms with E-state index in [-0.39, 0.29) is 5.78 Å². The molecule has 0 radical (unpaired) electrons. The lowest BCUT2D eigenvalue weighted by Gasteiger charge is -2.13. The van der Waals surface area contributed by atoms with Crippen LogP contribution in [0.2, 0.25) is 0 Å². The van der Waals surface area contributed by atoms with Crippen LogP contribution < -0.4 is 9.47 Å². The van der Waals surface area contributed by atoms with Gasteiger partial charge in [0.25, 0.3) is 0 Å². The Morgan fingerprint density at radius 3 is 2.70 bits per heavy atom. The van der Waals surface area contributed by atoms with Crippen LogP contribution in [0.1, 0.15) is 28.4 Å². The molecule has 6 heteroatoms. The van der Waals surface area contributed by atoms with Crippen molar-refractivity contribution in [3.63, 3.8) is 0 Å². The summed E-state index contributed by atoms with van der Waals surface area (Å²) in [6.07, 6.45) is 3.45. The van der Waals surface area contributed by atoms with Gasteiger partial charge in [-0.05, 0) is 69.7 Å². The number of hydrogen-bond acceptors (Lipinski definition) is 4. The van der Waals surface area contributed by atoms with E-state index >= 15 is 0 Å². The van der Waals surface area contributed by atoms with E-state index in [9.17, 15) is 4.79 Å². The number of nitrogens with zero attached hydrogens (tertiary/aromatic N) is 1. The second-order valence-corrected chi connectivity index (χ2v) is 7.82. The topological polar surface area (TPSA) is 48.4 Å². The molecule has 0 amide bonds. The number of ketones is 1. The smallest absolute Gasteiger partial charge is 0.163 e. The maximum absolute atomic E-state index is 11.9. The van der Waals surface area contributed by atoms with E-state index in [0.717, 1.165) is 19.2 Å². The molecule has 138 valence electrons. The monoisotopic (exact) mass is 537 g/mol. The highest BCUT2D eigenvalue weighted by atomic mass is 127. The van der Waals surface area contributed by atoms with E-state index in [1.165, 1.54) is 6.92 Å². The summed E-state index contributed by atoms with van der Waals surface area (Å²) in [7, 11) is 0. The van der Waals surface area contributed by atoms with Crippen molar-refractivity contribution in [1.82, 2.24) is 4.98 Å². The fourth-order valence-electron chi connectivity index (χ4n) is 2.47. The lowest BCUT2D eigenvalue weighted by atomic mass is 10.1. The van der Waals surface area contributed by atoms with Crippen LogP contribution in [-0.4, -0.2) is 10.8 Å². The molecule has 0 unspecified atom stereocenters. The quantitative estimate of drug-likeness (QED) is 0.282. The van der Waals surface area contributed by atoms with E-state index in [1.807, 2.05) is 30.3 Å². The molecule has 0 saturated heterocycles. The summed E-state index contributed by atoms with van der Waals surface area (Å²) in [6, 6.07) is 15.1. The molecule has 1 aromatic heterocycles. The maximum atomic E-state index is 11.9. The zero-order valence-electron chi connectivity index (χ0n) is 14.6. The van der Waals surface area contributed by atoms with Gasteiger partial charge in [-0.1, -0.05) is 18.2 Å². The van der Waals surface area contributed by atoms with Gasteiger partial charge in [0, 0.05) is 37.6 Å². The summed E-state index contributed by atoms with van der Waals surface area (Å²) >= 11 is 5.86. The second-order valence-electron chi connectivity index (χ2n) is 5.87. The summed E-state index contributed by atoms with van der Waals surface area (Å²) in [5.74, 6) is 1.10. The number of rotatable bonds is 7. The third-order valence-corrected chi connectivity index (χ3v) is 6.45.